The lowest BCUT2D eigenvalue weighted by molar-refractivity contribution is -0.120. The van der Waals surface area contributed by atoms with Gasteiger partial charge in [0.25, 0.3) is 0 Å². The summed E-state index contributed by atoms with van der Waals surface area (Å²) in [6.45, 7) is 5.51. The minimum absolute atomic E-state index is 0.00608. The van der Waals surface area contributed by atoms with E-state index in [1.165, 1.54) is 11.8 Å². The quantitative estimate of drug-likeness (QED) is 0.797. The van der Waals surface area contributed by atoms with Gasteiger partial charge in [-0.25, -0.2) is 0 Å². The summed E-state index contributed by atoms with van der Waals surface area (Å²) in [7, 11) is 0. The lowest BCUT2D eigenvalue weighted by Gasteiger charge is -2.27. The molecule has 6 nitrogen and oxygen atoms in total. The van der Waals surface area contributed by atoms with Gasteiger partial charge in [-0.15, -0.1) is 10.2 Å². The van der Waals surface area contributed by atoms with Gasteiger partial charge in [-0.05, 0) is 31.0 Å². The van der Waals surface area contributed by atoms with Gasteiger partial charge >= 0.3 is 0 Å². The first-order valence-corrected chi connectivity index (χ1v) is 8.73. The van der Waals surface area contributed by atoms with Crippen LogP contribution in [0.2, 0.25) is 5.02 Å². The molecule has 0 aliphatic heterocycles. The highest BCUT2D eigenvalue weighted by molar-refractivity contribution is 7.99. The monoisotopic (exact) mass is 363 g/mol. The summed E-state index contributed by atoms with van der Waals surface area (Å²) in [5.74, 6) is -0.0755. The maximum absolute atomic E-state index is 12.2. The minimum Gasteiger partial charge on any atom is -0.337 e. The third-order valence-corrected chi connectivity index (χ3v) is 4.90. The molecule has 1 aromatic heterocycles. The van der Waals surface area contributed by atoms with Crippen molar-refractivity contribution in [2.45, 2.75) is 31.5 Å². The van der Waals surface area contributed by atoms with Crippen molar-refractivity contribution in [3.05, 3.63) is 35.6 Å². The Labute approximate surface area is 150 Å². The van der Waals surface area contributed by atoms with Gasteiger partial charge in [0.15, 0.2) is 5.16 Å². The van der Waals surface area contributed by atoms with Crippen LogP contribution in [-0.2, 0) is 4.79 Å². The van der Waals surface area contributed by atoms with Gasteiger partial charge in [0.05, 0.1) is 17.5 Å². The first kappa shape index (κ1) is 18.3. The molecule has 0 spiro atoms. The molecule has 1 amide bonds. The number of nitrogens with zero attached hydrogens (tertiary/aromatic N) is 4. The molecule has 126 valence electrons. The summed E-state index contributed by atoms with van der Waals surface area (Å²) < 4.78 is 1.76. The number of hydrogen-bond acceptors (Lipinski definition) is 5. The molecule has 1 N–H and O–H groups in total. The van der Waals surface area contributed by atoms with Gasteiger partial charge in [-0.2, -0.15) is 5.26 Å². The van der Waals surface area contributed by atoms with Crippen molar-refractivity contribution < 1.29 is 4.79 Å². The van der Waals surface area contributed by atoms with Crippen LogP contribution in [0.5, 0.6) is 0 Å². The molecule has 2 aromatic rings. The maximum atomic E-state index is 12.2. The van der Waals surface area contributed by atoms with Crippen LogP contribution in [-0.4, -0.2) is 32.0 Å². The number of benzene rings is 1. The molecule has 1 aromatic carbocycles. The maximum Gasteiger partial charge on any atom is 0.231 e. The molecule has 0 saturated heterocycles. The second-order valence-corrected chi connectivity index (χ2v) is 7.15. The molecule has 1 heterocycles. The fourth-order valence-corrected chi connectivity index (χ4v) is 2.80. The lowest BCUT2D eigenvalue weighted by atomic mass is 9.90. The summed E-state index contributed by atoms with van der Waals surface area (Å²) in [4.78, 5) is 12.2. The summed E-state index contributed by atoms with van der Waals surface area (Å²) in [6.07, 6.45) is 1.57. The van der Waals surface area contributed by atoms with E-state index >= 15 is 0 Å². The topological polar surface area (TPSA) is 83.6 Å². The number of nitriles is 1. The zero-order valence-electron chi connectivity index (χ0n) is 13.7. The van der Waals surface area contributed by atoms with Crippen LogP contribution in [0, 0.1) is 17.2 Å². The van der Waals surface area contributed by atoms with E-state index in [4.69, 9.17) is 11.6 Å². The summed E-state index contributed by atoms with van der Waals surface area (Å²) >= 11 is 7.25. The van der Waals surface area contributed by atoms with E-state index in [1.54, 1.807) is 30.0 Å². The van der Waals surface area contributed by atoms with Crippen LogP contribution in [0.1, 0.15) is 20.8 Å². The molecule has 1 unspecified atom stereocenters. The molecule has 0 saturated carbocycles. The highest BCUT2D eigenvalue weighted by Crippen LogP contribution is 2.22. The third-order valence-electron chi connectivity index (χ3n) is 3.72. The Morgan fingerprint density at radius 1 is 1.54 bits per heavy atom. The van der Waals surface area contributed by atoms with Gasteiger partial charge in [0.2, 0.25) is 5.91 Å². The number of halogens is 1. The Morgan fingerprint density at radius 3 is 2.92 bits per heavy atom. The van der Waals surface area contributed by atoms with Crippen molar-refractivity contribution in [2.24, 2.45) is 5.92 Å². The SMILES string of the molecule is CC(C)C(C)(C#N)NC(=O)CSc1nncn1-c1cccc(Cl)c1. The van der Waals surface area contributed by atoms with E-state index in [-0.39, 0.29) is 17.6 Å². The van der Waals surface area contributed by atoms with Gasteiger partial charge in [-0.3, -0.25) is 9.36 Å². The average Bonchev–Trinajstić information content (AvgIpc) is 3.01. The number of amides is 1. The van der Waals surface area contributed by atoms with Gasteiger partial charge in [0, 0.05) is 5.02 Å². The van der Waals surface area contributed by atoms with Gasteiger partial charge < -0.3 is 5.32 Å². The smallest absolute Gasteiger partial charge is 0.231 e. The second-order valence-electron chi connectivity index (χ2n) is 5.77. The molecule has 2 rings (SSSR count). The molecule has 0 aliphatic carbocycles. The predicted molar refractivity (Wildman–Crippen MR) is 94.1 cm³/mol. The average molecular weight is 364 g/mol. The molecule has 0 fully saturated rings. The highest BCUT2D eigenvalue weighted by atomic mass is 35.5. The summed E-state index contributed by atoms with van der Waals surface area (Å²) in [5.41, 5.74) is -0.0717. The van der Waals surface area contributed by atoms with Crippen molar-refractivity contribution in [1.82, 2.24) is 20.1 Å². The van der Waals surface area contributed by atoms with Gasteiger partial charge in [-0.1, -0.05) is 43.3 Å². The molecule has 24 heavy (non-hydrogen) atoms. The number of thioether (sulfide) groups is 1. The molecule has 8 heteroatoms. The van der Waals surface area contributed by atoms with Gasteiger partial charge in [0.1, 0.15) is 11.9 Å². The number of hydrogen-bond donors (Lipinski definition) is 1. The molecule has 0 aliphatic rings. The number of nitrogens with one attached hydrogen (secondary N) is 1. The zero-order valence-corrected chi connectivity index (χ0v) is 15.2. The largest absolute Gasteiger partial charge is 0.337 e. The van der Waals surface area contributed by atoms with Crippen LogP contribution in [0.4, 0.5) is 0 Å². The van der Waals surface area contributed by atoms with Crippen molar-refractivity contribution >= 4 is 29.3 Å². The Kier molecular flexibility index (Phi) is 5.86. The summed E-state index contributed by atoms with van der Waals surface area (Å²) in [5, 5.41) is 21.2. The Bertz CT molecular complexity index is 770. The first-order chi connectivity index (χ1) is 11.4. The molecule has 0 bridgehead atoms. The van der Waals surface area contributed by atoms with Crippen molar-refractivity contribution in [3.8, 4) is 11.8 Å². The van der Waals surface area contributed by atoms with E-state index in [2.05, 4.69) is 21.6 Å². The minimum atomic E-state index is -0.891. The Hall–Kier alpha value is -2.04. The van der Waals surface area contributed by atoms with E-state index in [0.717, 1.165) is 5.69 Å². The number of carbonyl (C=O) groups excluding carboxylic acids is 1. The van der Waals surface area contributed by atoms with Crippen LogP contribution in [0.15, 0.2) is 35.7 Å². The van der Waals surface area contributed by atoms with Crippen molar-refractivity contribution in [2.75, 3.05) is 5.75 Å². The van der Waals surface area contributed by atoms with E-state index in [0.29, 0.717) is 10.2 Å². The third kappa shape index (κ3) is 4.28. The predicted octanol–water partition coefficient (Wildman–Crippen LogP) is 3.07. The summed E-state index contributed by atoms with van der Waals surface area (Å²) in [6, 6.07) is 9.44. The van der Waals surface area contributed by atoms with Crippen LogP contribution in [0.25, 0.3) is 5.69 Å². The van der Waals surface area contributed by atoms with Crippen LogP contribution >= 0.6 is 23.4 Å². The number of rotatable bonds is 6. The Balaban J connectivity index is 2.05. The fraction of sp³-hybridized carbons (Fsp3) is 0.375. The normalized spacial score (nSPS) is 13.3. The second kappa shape index (κ2) is 7.69. The number of aromatic nitrogens is 3. The van der Waals surface area contributed by atoms with Crippen LogP contribution in [0.3, 0.4) is 0 Å². The first-order valence-electron chi connectivity index (χ1n) is 7.37. The lowest BCUT2D eigenvalue weighted by Crippen LogP contribution is -2.49. The van der Waals surface area contributed by atoms with E-state index < -0.39 is 5.54 Å². The molecular weight excluding hydrogens is 346 g/mol. The van der Waals surface area contributed by atoms with Crippen LogP contribution < -0.4 is 5.32 Å². The molecular formula is C16H18ClN5OS. The highest BCUT2D eigenvalue weighted by Gasteiger charge is 2.30. The van der Waals surface area contributed by atoms with Crippen molar-refractivity contribution in [1.29, 1.82) is 5.26 Å². The van der Waals surface area contributed by atoms with E-state index in [9.17, 15) is 10.1 Å². The zero-order chi connectivity index (χ0) is 17.7. The van der Waals surface area contributed by atoms with E-state index in [1.807, 2.05) is 26.0 Å². The standard InChI is InChI=1S/C16H18ClN5OS/c1-11(2)16(3,9-18)20-14(23)8-24-15-21-19-10-22(15)13-6-4-5-12(17)7-13/h4-7,10-11H,8H2,1-3H3,(H,20,23). The van der Waals surface area contributed by atoms with Crippen molar-refractivity contribution in [3.63, 3.8) is 0 Å². The molecule has 0 radical (unpaired) electrons. The molecule has 1 atom stereocenters. The number of carbonyl (C=O) groups is 1. The fourth-order valence-electron chi connectivity index (χ4n) is 1.88. The Morgan fingerprint density at radius 2 is 2.29 bits per heavy atom.